The third-order valence-corrected chi connectivity index (χ3v) is 6.91. The molecule has 42 heavy (non-hydrogen) atoms. The van der Waals surface area contributed by atoms with E-state index in [1.165, 1.54) is 0 Å². The van der Waals surface area contributed by atoms with Gasteiger partial charge in [-0.25, -0.2) is 0 Å². The molecule has 0 aromatic heterocycles. The summed E-state index contributed by atoms with van der Waals surface area (Å²) in [6.45, 7) is 16.8. The Balaban J connectivity index is 1.87. The van der Waals surface area contributed by atoms with E-state index in [1.807, 2.05) is 48.5 Å². The molecule has 4 heteroatoms. The summed E-state index contributed by atoms with van der Waals surface area (Å²) in [7, 11) is 0. The van der Waals surface area contributed by atoms with Gasteiger partial charge >= 0.3 is 0 Å². The summed E-state index contributed by atoms with van der Waals surface area (Å²) in [5.74, 6) is 3.17. The zero-order chi connectivity index (χ0) is 29.6. The Bertz CT molecular complexity index is 1300. The lowest BCUT2D eigenvalue weighted by molar-refractivity contribution is 0.362. The molecule has 4 aromatic carbocycles. The van der Waals surface area contributed by atoms with Gasteiger partial charge in [0.2, 0.25) is 0 Å². The van der Waals surface area contributed by atoms with Gasteiger partial charge in [-0.1, -0.05) is 99.2 Å². The van der Waals surface area contributed by atoms with E-state index in [9.17, 15) is 0 Å². The lowest BCUT2D eigenvalue weighted by Crippen LogP contribution is -2.32. The Morgan fingerprint density at radius 3 is 0.929 bits per heavy atom. The summed E-state index contributed by atoms with van der Waals surface area (Å²) < 4.78 is 23.2. The first-order chi connectivity index (χ1) is 20.6. The standard InChI is InChI=1S/C38H38O4/c1-5-25-39-34-17-9-30(10-18-34)29-38(31-11-19-35(20-12-31)40-26-6-2,32-13-21-36(22-14-32)41-27-7-3)33-15-23-37(24-16-33)42-28-8-4/h5-24H,1-4,25-29H2. The van der Waals surface area contributed by atoms with Gasteiger partial charge < -0.3 is 18.9 Å². The zero-order valence-corrected chi connectivity index (χ0v) is 24.0. The van der Waals surface area contributed by atoms with Crippen LogP contribution in [0.25, 0.3) is 0 Å². The molecule has 0 N–H and O–H groups in total. The van der Waals surface area contributed by atoms with Crippen molar-refractivity contribution in [2.24, 2.45) is 0 Å². The van der Waals surface area contributed by atoms with Crippen LogP contribution in [0.4, 0.5) is 0 Å². The third kappa shape index (κ3) is 7.41. The molecule has 0 atom stereocenters. The van der Waals surface area contributed by atoms with Crippen LogP contribution in [0.2, 0.25) is 0 Å². The second kappa shape index (κ2) is 15.2. The van der Waals surface area contributed by atoms with Gasteiger partial charge in [0.05, 0.1) is 0 Å². The van der Waals surface area contributed by atoms with Gasteiger partial charge in [0.1, 0.15) is 49.4 Å². The predicted octanol–water partition coefficient (Wildman–Crippen LogP) is 8.52. The fourth-order valence-electron chi connectivity index (χ4n) is 4.94. The van der Waals surface area contributed by atoms with Crippen molar-refractivity contribution < 1.29 is 18.9 Å². The van der Waals surface area contributed by atoms with E-state index >= 15 is 0 Å². The molecule has 4 aromatic rings. The van der Waals surface area contributed by atoms with Crippen molar-refractivity contribution >= 4 is 0 Å². The van der Waals surface area contributed by atoms with Gasteiger partial charge in [0.25, 0.3) is 0 Å². The van der Waals surface area contributed by atoms with E-state index in [0.717, 1.165) is 45.3 Å². The molecule has 0 aliphatic carbocycles. The lowest BCUT2D eigenvalue weighted by Gasteiger charge is -2.37. The van der Waals surface area contributed by atoms with Crippen molar-refractivity contribution in [3.63, 3.8) is 0 Å². The molecule has 4 nitrogen and oxygen atoms in total. The maximum Gasteiger partial charge on any atom is 0.119 e. The topological polar surface area (TPSA) is 36.9 Å². The molecule has 0 bridgehead atoms. The van der Waals surface area contributed by atoms with E-state index in [1.54, 1.807) is 24.3 Å². The van der Waals surface area contributed by atoms with Gasteiger partial charge in [-0.2, -0.15) is 0 Å². The minimum atomic E-state index is -0.547. The van der Waals surface area contributed by atoms with Crippen LogP contribution in [0.5, 0.6) is 23.0 Å². The normalized spacial score (nSPS) is 10.8. The largest absolute Gasteiger partial charge is 0.490 e. The van der Waals surface area contributed by atoms with Crippen LogP contribution in [0.3, 0.4) is 0 Å². The Morgan fingerprint density at radius 1 is 0.405 bits per heavy atom. The highest BCUT2D eigenvalue weighted by Crippen LogP contribution is 2.44. The SMILES string of the molecule is C=CCOc1ccc(CC(c2ccc(OCC=C)cc2)(c2ccc(OCC=C)cc2)c2ccc(OCC=C)cc2)cc1. The van der Waals surface area contributed by atoms with Crippen LogP contribution in [-0.2, 0) is 11.8 Å². The van der Waals surface area contributed by atoms with Gasteiger partial charge in [-0.3, -0.25) is 0 Å². The Kier molecular flexibility index (Phi) is 10.8. The smallest absolute Gasteiger partial charge is 0.119 e. The first-order valence-corrected chi connectivity index (χ1v) is 14.0. The maximum absolute atomic E-state index is 5.82. The molecular weight excluding hydrogens is 520 g/mol. The van der Waals surface area contributed by atoms with Crippen molar-refractivity contribution in [2.45, 2.75) is 11.8 Å². The number of hydrogen-bond acceptors (Lipinski definition) is 4. The molecule has 0 radical (unpaired) electrons. The number of ether oxygens (including phenoxy) is 4. The van der Waals surface area contributed by atoms with Gasteiger partial charge in [-0.15, -0.1) is 0 Å². The molecule has 0 heterocycles. The van der Waals surface area contributed by atoms with Crippen LogP contribution in [0.15, 0.2) is 148 Å². The van der Waals surface area contributed by atoms with Crippen molar-refractivity contribution in [1.82, 2.24) is 0 Å². The molecule has 0 fully saturated rings. The third-order valence-electron chi connectivity index (χ3n) is 6.91. The molecule has 0 amide bonds. The van der Waals surface area contributed by atoms with Crippen LogP contribution in [0.1, 0.15) is 22.3 Å². The Morgan fingerprint density at radius 2 is 0.667 bits per heavy atom. The molecule has 0 saturated heterocycles. The van der Waals surface area contributed by atoms with E-state index in [2.05, 4.69) is 74.8 Å². The van der Waals surface area contributed by atoms with Gasteiger partial charge in [-0.05, 0) is 77.2 Å². The fourth-order valence-corrected chi connectivity index (χ4v) is 4.94. The molecule has 4 rings (SSSR count). The van der Waals surface area contributed by atoms with Crippen LogP contribution < -0.4 is 18.9 Å². The maximum atomic E-state index is 5.82. The minimum absolute atomic E-state index is 0.448. The summed E-state index contributed by atoms with van der Waals surface area (Å²) in [4.78, 5) is 0. The summed E-state index contributed by atoms with van der Waals surface area (Å²) in [5.41, 5.74) is 3.99. The molecule has 214 valence electrons. The average molecular weight is 559 g/mol. The van der Waals surface area contributed by atoms with Crippen molar-refractivity contribution in [2.75, 3.05) is 26.4 Å². The zero-order valence-electron chi connectivity index (χ0n) is 24.0. The molecular formula is C38H38O4. The van der Waals surface area contributed by atoms with E-state index in [4.69, 9.17) is 18.9 Å². The summed E-state index contributed by atoms with van der Waals surface area (Å²) in [6.07, 6.45) is 7.67. The first kappa shape index (κ1) is 30.0. The molecule has 0 aliphatic rings. The van der Waals surface area contributed by atoms with Gasteiger partial charge in [0.15, 0.2) is 0 Å². The summed E-state index contributed by atoms with van der Waals surface area (Å²) >= 11 is 0. The van der Waals surface area contributed by atoms with E-state index in [-0.39, 0.29) is 0 Å². The van der Waals surface area contributed by atoms with Crippen LogP contribution >= 0.6 is 0 Å². The summed E-state index contributed by atoms with van der Waals surface area (Å²) in [5, 5.41) is 0. The molecule has 0 unspecified atom stereocenters. The minimum Gasteiger partial charge on any atom is -0.490 e. The Labute approximate surface area is 249 Å². The second-order valence-corrected chi connectivity index (χ2v) is 9.70. The quantitative estimate of drug-likeness (QED) is 0.0961. The Hall–Kier alpha value is -4.96. The van der Waals surface area contributed by atoms with Crippen molar-refractivity contribution in [1.29, 1.82) is 0 Å². The molecule has 0 spiro atoms. The molecule has 0 aliphatic heterocycles. The number of benzene rings is 4. The monoisotopic (exact) mass is 558 g/mol. The fraction of sp³-hybridized carbons (Fsp3) is 0.158. The molecule has 0 saturated carbocycles. The first-order valence-electron chi connectivity index (χ1n) is 14.0. The summed E-state index contributed by atoms with van der Waals surface area (Å²) in [6, 6.07) is 33.2. The van der Waals surface area contributed by atoms with Crippen molar-refractivity contribution in [3.05, 3.63) is 170 Å². The highest BCUT2D eigenvalue weighted by atomic mass is 16.5. The number of rotatable bonds is 17. The van der Waals surface area contributed by atoms with E-state index in [0.29, 0.717) is 32.8 Å². The number of hydrogen-bond donors (Lipinski definition) is 0. The lowest BCUT2D eigenvalue weighted by atomic mass is 9.66. The van der Waals surface area contributed by atoms with Crippen LogP contribution in [-0.4, -0.2) is 26.4 Å². The van der Waals surface area contributed by atoms with Gasteiger partial charge in [0, 0.05) is 5.41 Å². The second-order valence-electron chi connectivity index (χ2n) is 9.70. The highest BCUT2D eigenvalue weighted by molar-refractivity contribution is 5.54. The average Bonchev–Trinajstić information content (AvgIpc) is 3.05. The predicted molar refractivity (Wildman–Crippen MR) is 172 cm³/mol. The van der Waals surface area contributed by atoms with Crippen LogP contribution in [0, 0.1) is 0 Å². The highest BCUT2D eigenvalue weighted by Gasteiger charge is 2.37. The van der Waals surface area contributed by atoms with Crippen molar-refractivity contribution in [3.8, 4) is 23.0 Å². The van der Waals surface area contributed by atoms with E-state index < -0.39 is 5.41 Å².